The molecule has 11 heteroatoms. The van der Waals surface area contributed by atoms with Gasteiger partial charge in [0.15, 0.2) is 0 Å². The van der Waals surface area contributed by atoms with Gasteiger partial charge in [-0.05, 0) is 23.8 Å². The number of hydrogen-bond donors (Lipinski definition) is 1. The van der Waals surface area contributed by atoms with Gasteiger partial charge in [-0.1, -0.05) is 17.7 Å². The highest BCUT2D eigenvalue weighted by molar-refractivity contribution is 7.89. The maximum atomic E-state index is 13.2. The molecule has 8 nitrogen and oxygen atoms in total. The quantitative estimate of drug-likeness (QED) is 0.578. The number of benzene rings is 2. The highest BCUT2D eigenvalue weighted by Crippen LogP contribution is 2.30. The second kappa shape index (κ2) is 8.00. The molecule has 0 amide bonds. The van der Waals surface area contributed by atoms with Crippen molar-refractivity contribution in [2.24, 2.45) is 5.14 Å². The third-order valence-corrected chi connectivity index (χ3v) is 5.87. The van der Waals surface area contributed by atoms with E-state index in [0.29, 0.717) is 43.4 Å². The fourth-order valence-corrected chi connectivity index (χ4v) is 4.14. The lowest BCUT2D eigenvalue weighted by atomic mass is 10.1. The van der Waals surface area contributed by atoms with Crippen molar-refractivity contribution in [1.29, 1.82) is 0 Å². The van der Waals surface area contributed by atoms with Gasteiger partial charge in [0.05, 0.1) is 10.6 Å². The Morgan fingerprint density at radius 1 is 1.14 bits per heavy atom. The molecule has 1 heterocycles. The van der Waals surface area contributed by atoms with Gasteiger partial charge in [-0.15, -0.1) is 0 Å². The molecule has 0 radical (unpaired) electrons. The van der Waals surface area contributed by atoms with Crippen molar-refractivity contribution in [2.45, 2.75) is 11.4 Å². The molecule has 3 rings (SSSR count). The highest BCUT2D eigenvalue weighted by atomic mass is 35.5. The number of nitrogens with zero attached hydrogens (tertiary/aromatic N) is 3. The van der Waals surface area contributed by atoms with E-state index in [-0.39, 0.29) is 10.6 Å². The van der Waals surface area contributed by atoms with Crippen LogP contribution >= 0.6 is 11.6 Å². The van der Waals surface area contributed by atoms with E-state index in [1.165, 1.54) is 24.3 Å². The summed E-state index contributed by atoms with van der Waals surface area (Å²) < 4.78 is 37.0. The summed E-state index contributed by atoms with van der Waals surface area (Å²) in [5.74, 6) is -0.396. The first-order valence-corrected chi connectivity index (χ1v) is 10.3. The van der Waals surface area contributed by atoms with Gasteiger partial charge in [-0.2, -0.15) is 0 Å². The van der Waals surface area contributed by atoms with Crippen LogP contribution in [0.3, 0.4) is 0 Å². The molecule has 2 aromatic rings. The normalized spacial score (nSPS) is 15.6. The molecule has 0 spiro atoms. The summed E-state index contributed by atoms with van der Waals surface area (Å²) in [7, 11) is -4.12. The first-order valence-electron chi connectivity index (χ1n) is 8.37. The standard InChI is InChI=1S/C17H18ClFN4O4S/c18-15-9-13(19)2-1-12(15)11-21-5-7-22(8-6-21)16-4-3-14(23(24)25)10-17(16)28(20,26)27/h1-4,9-10H,5-8,11H2,(H2,20,26,27). The number of rotatable bonds is 5. The van der Waals surface area contributed by atoms with Crippen LogP contribution in [0.1, 0.15) is 5.56 Å². The molecular formula is C17H18ClFN4O4S. The molecule has 0 bridgehead atoms. The number of sulfonamides is 1. The van der Waals surface area contributed by atoms with Crippen LogP contribution < -0.4 is 10.0 Å². The molecule has 1 fully saturated rings. The lowest BCUT2D eigenvalue weighted by molar-refractivity contribution is -0.385. The summed E-state index contributed by atoms with van der Waals surface area (Å²) in [6, 6.07) is 7.91. The number of nitro benzene ring substituents is 1. The molecule has 1 aliphatic heterocycles. The SMILES string of the molecule is NS(=O)(=O)c1cc([N+](=O)[O-])ccc1N1CCN(Cc2ccc(F)cc2Cl)CC1. The molecule has 0 aliphatic carbocycles. The summed E-state index contributed by atoms with van der Waals surface area (Å²) in [4.78, 5) is 14.0. The molecule has 2 aromatic carbocycles. The molecule has 0 unspecified atom stereocenters. The van der Waals surface area contributed by atoms with Gasteiger partial charge in [0.2, 0.25) is 10.0 Å². The van der Waals surface area contributed by atoms with Crippen LogP contribution in [0.2, 0.25) is 5.02 Å². The van der Waals surface area contributed by atoms with Crippen molar-refractivity contribution in [1.82, 2.24) is 4.90 Å². The zero-order valence-electron chi connectivity index (χ0n) is 14.7. The first-order chi connectivity index (χ1) is 13.1. The zero-order chi connectivity index (χ0) is 20.5. The Morgan fingerprint density at radius 3 is 2.39 bits per heavy atom. The monoisotopic (exact) mass is 428 g/mol. The molecule has 28 heavy (non-hydrogen) atoms. The van der Waals surface area contributed by atoms with Crippen LogP contribution in [0.5, 0.6) is 0 Å². The fraction of sp³-hybridized carbons (Fsp3) is 0.294. The minimum absolute atomic E-state index is 0.267. The molecule has 1 aliphatic rings. The summed E-state index contributed by atoms with van der Waals surface area (Å²) in [5.41, 5.74) is 0.807. The summed E-state index contributed by atoms with van der Waals surface area (Å²) >= 11 is 6.07. The van der Waals surface area contributed by atoms with Crippen molar-refractivity contribution in [2.75, 3.05) is 31.1 Å². The maximum absolute atomic E-state index is 13.2. The van der Waals surface area contributed by atoms with Crippen LogP contribution in [0.4, 0.5) is 15.8 Å². The topological polar surface area (TPSA) is 110 Å². The van der Waals surface area contributed by atoms with E-state index in [0.717, 1.165) is 11.6 Å². The van der Waals surface area contributed by atoms with Gasteiger partial charge in [-0.3, -0.25) is 15.0 Å². The zero-order valence-corrected chi connectivity index (χ0v) is 16.3. The Bertz CT molecular complexity index is 1010. The van der Waals surface area contributed by atoms with Crippen LogP contribution in [0, 0.1) is 15.9 Å². The van der Waals surface area contributed by atoms with Crippen molar-refractivity contribution in [3.05, 3.63) is 62.9 Å². The van der Waals surface area contributed by atoms with E-state index in [9.17, 15) is 22.9 Å². The Balaban J connectivity index is 1.75. The second-order valence-electron chi connectivity index (χ2n) is 6.45. The molecule has 1 saturated heterocycles. The smallest absolute Gasteiger partial charge is 0.270 e. The van der Waals surface area contributed by atoms with E-state index in [1.54, 1.807) is 6.07 Å². The highest BCUT2D eigenvalue weighted by Gasteiger charge is 2.25. The van der Waals surface area contributed by atoms with Gasteiger partial charge in [0.25, 0.3) is 5.69 Å². The van der Waals surface area contributed by atoms with E-state index in [4.69, 9.17) is 16.7 Å². The number of halogens is 2. The average Bonchev–Trinajstić information content (AvgIpc) is 2.63. The van der Waals surface area contributed by atoms with Crippen molar-refractivity contribution in [3.63, 3.8) is 0 Å². The molecule has 0 aromatic heterocycles. The number of hydrogen-bond acceptors (Lipinski definition) is 6. The molecule has 150 valence electrons. The van der Waals surface area contributed by atoms with E-state index in [2.05, 4.69) is 4.90 Å². The Labute approximate surface area is 166 Å². The molecule has 0 atom stereocenters. The van der Waals surface area contributed by atoms with Crippen LogP contribution in [-0.2, 0) is 16.6 Å². The fourth-order valence-electron chi connectivity index (χ4n) is 3.14. The van der Waals surface area contributed by atoms with E-state index in [1.807, 2.05) is 4.90 Å². The number of nitrogens with two attached hydrogens (primary N) is 1. The van der Waals surface area contributed by atoms with E-state index >= 15 is 0 Å². The number of primary sulfonamides is 1. The van der Waals surface area contributed by atoms with Gasteiger partial charge in [0, 0.05) is 49.9 Å². The summed E-state index contributed by atoms with van der Waals surface area (Å²) in [6.45, 7) is 2.75. The number of piperazine rings is 1. The predicted molar refractivity (Wildman–Crippen MR) is 103 cm³/mol. The maximum Gasteiger partial charge on any atom is 0.270 e. The Morgan fingerprint density at radius 2 is 1.82 bits per heavy atom. The van der Waals surface area contributed by atoms with Gasteiger partial charge in [-0.25, -0.2) is 17.9 Å². The molecular weight excluding hydrogens is 411 g/mol. The van der Waals surface area contributed by atoms with Crippen LogP contribution in [0.25, 0.3) is 0 Å². The Kier molecular flexibility index (Phi) is 5.84. The third kappa shape index (κ3) is 4.58. The van der Waals surface area contributed by atoms with E-state index < -0.39 is 20.8 Å². The van der Waals surface area contributed by atoms with Crippen LogP contribution in [0.15, 0.2) is 41.3 Å². The first kappa shape index (κ1) is 20.5. The second-order valence-corrected chi connectivity index (χ2v) is 8.39. The molecule has 0 saturated carbocycles. The minimum atomic E-state index is -4.12. The molecule has 2 N–H and O–H groups in total. The Hall–Kier alpha value is -2.27. The average molecular weight is 429 g/mol. The predicted octanol–water partition coefficient (Wildman–Crippen LogP) is 2.36. The lowest BCUT2D eigenvalue weighted by Crippen LogP contribution is -2.46. The van der Waals surface area contributed by atoms with Crippen molar-refractivity contribution in [3.8, 4) is 0 Å². The van der Waals surface area contributed by atoms with Gasteiger partial charge in [0.1, 0.15) is 10.7 Å². The van der Waals surface area contributed by atoms with Gasteiger partial charge < -0.3 is 4.90 Å². The number of non-ortho nitro benzene ring substituents is 1. The lowest BCUT2D eigenvalue weighted by Gasteiger charge is -2.36. The minimum Gasteiger partial charge on any atom is -0.368 e. The number of anilines is 1. The van der Waals surface area contributed by atoms with Crippen LogP contribution in [-0.4, -0.2) is 44.4 Å². The van der Waals surface area contributed by atoms with Gasteiger partial charge >= 0.3 is 0 Å². The van der Waals surface area contributed by atoms with Crippen molar-refractivity contribution < 1.29 is 17.7 Å². The summed E-state index contributed by atoms with van der Waals surface area (Å²) in [6.07, 6.45) is 0. The van der Waals surface area contributed by atoms with Crippen molar-refractivity contribution >= 4 is 33.0 Å². The summed E-state index contributed by atoms with van der Waals surface area (Å²) in [5, 5.41) is 16.6. The largest absolute Gasteiger partial charge is 0.368 e. The number of nitro groups is 1. The third-order valence-electron chi connectivity index (χ3n) is 4.58.